The molecule has 0 atom stereocenters. The second-order valence-electron chi connectivity index (χ2n) is 8.90. The predicted octanol–water partition coefficient (Wildman–Crippen LogP) is 3.09. The Bertz CT molecular complexity index is 1200. The van der Waals surface area contributed by atoms with Gasteiger partial charge in [0.2, 0.25) is 0 Å². The zero-order valence-corrected chi connectivity index (χ0v) is 22.3. The second kappa shape index (κ2) is 11.0. The van der Waals surface area contributed by atoms with E-state index in [-0.39, 0.29) is 12.4 Å². The van der Waals surface area contributed by atoms with E-state index in [1.165, 1.54) is 49.2 Å². The van der Waals surface area contributed by atoms with Crippen LogP contribution in [0, 0.1) is 0 Å². The van der Waals surface area contributed by atoms with E-state index in [9.17, 15) is 0 Å². The third-order valence-corrected chi connectivity index (χ3v) is 6.99. The van der Waals surface area contributed by atoms with Crippen molar-refractivity contribution >= 4 is 39.3 Å². The summed E-state index contributed by atoms with van der Waals surface area (Å²) in [7, 11) is 12.4. The Morgan fingerprint density at radius 1 is 0.647 bits per heavy atom. The predicted molar refractivity (Wildman–Crippen MR) is 148 cm³/mol. The lowest BCUT2D eigenvalue weighted by atomic mass is 10.0. The first kappa shape index (κ1) is 25.7. The smallest absolute Gasteiger partial charge is 0.199 e. The third-order valence-electron chi connectivity index (χ3n) is 5.85. The number of hydrogen-bond donors (Lipinski definition) is 0. The fourth-order valence-corrected chi connectivity index (χ4v) is 4.87. The molecule has 176 valence electrons. The molecular weight excluding hydrogens is 458 g/mol. The molecule has 0 unspecified atom stereocenters. The molecule has 5 heteroatoms. The van der Waals surface area contributed by atoms with Crippen molar-refractivity contribution in [2.45, 2.75) is 0 Å². The van der Waals surface area contributed by atoms with E-state index in [4.69, 9.17) is 0 Å². The van der Waals surface area contributed by atoms with Crippen LogP contribution >= 0.6 is 11.8 Å². The lowest BCUT2D eigenvalue weighted by Gasteiger charge is -2.20. The quantitative estimate of drug-likeness (QED) is 0.611. The molecule has 0 saturated heterocycles. The molecule has 1 heterocycles. The van der Waals surface area contributed by atoms with E-state index in [1.54, 1.807) is 0 Å². The van der Waals surface area contributed by atoms with Crippen molar-refractivity contribution in [3.63, 3.8) is 0 Å². The van der Waals surface area contributed by atoms with Gasteiger partial charge in [-0.2, -0.15) is 0 Å². The normalized spacial score (nSPS) is 14.9. The van der Waals surface area contributed by atoms with Crippen LogP contribution in [0.2, 0.25) is 0 Å². The number of allylic oxidation sites excluding steroid dienone is 8. The first-order valence-electron chi connectivity index (χ1n) is 11.1. The summed E-state index contributed by atoms with van der Waals surface area (Å²) in [5.41, 5.74) is 8.56. The topological polar surface area (TPSA) is 9.49 Å². The zero-order valence-electron chi connectivity index (χ0n) is 20.7. The highest BCUT2D eigenvalue weighted by molar-refractivity contribution is 8.12. The van der Waals surface area contributed by atoms with Gasteiger partial charge in [0.05, 0.1) is 0 Å². The summed E-state index contributed by atoms with van der Waals surface area (Å²) in [5, 5.41) is 0. The standard InChI is InChI=1S/C29H32N3S.ClH/c1-30(2)25-13-7-21(8-14-25)24-19-28(22-9-15-26(16-10-22)31(3)4)33-29(20-24)23-11-17-27(18-12-23)32(5)6;/h7-20H,1-6H3;1H/q+1;/p-1. The Hall–Kier alpha value is -2.95. The van der Waals surface area contributed by atoms with Crippen molar-refractivity contribution in [1.29, 1.82) is 0 Å². The molecule has 2 aromatic carbocycles. The van der Waals surface area contributed by atoms with E-state index in [2.05, 4.69) is 142 Å². The Balaban J connectivity index is 0.00000324. The maximum atomic E-state index is 2.32. The molecule has 1 aliphatic heterocycles. The van der Waals surface area contributed by atoms with Crippen LogP contribution in [0.15, 0.2) is 95.5 Å². The van der Waals surface area contributed by atoms with Gasteiger partial charge in [-0.1, -0.05) is 36.0 Å². The number of rotatable bonds is 4. The van der Waals surface area contributed by atoms with Gasteiger partial charge in [0, 0.05) is 61.5 Å². The lowest BCUT2D eigenvalue weighted by Crippen LogP contribution is -3.00. The van der Waals surface area contributed by atoms with Gasteiger partial charge in [0.25, 0.3) is 0 Å². The van der Waals surface area contributed by atoms with Gasteiger partial charge < -0.3 is 22.2 Å². The summed E-state index contributed by atoms with van der Waals surface area (Å²) >= 11 is 1.84. The van der Waals surface area contributed by atoms with E-state index in [0.29, 0.717) is 0 Å². The first-order chi connectivity index (χ1) is 15.8. The molecule has 0 fully saturated rings. The van der Waals surface area contributed by atoms with Crippen LogP contribution in [0.1, 0.15) is 11.1 Å². The minimum atomic E-state index is 0. The number of benzene rings is 2. The zero-order chi connectivity index (χ0) is 23.5. The van der Waals surface area contributed by atoms with Crippen molar-refractivity contribution in [1.82, 2.24) is 0 Å². The molecular formula is C29H32ClN3S. The van der Waals surface area contributed by atoms with Crippen LogP contribution < -0.4 is 22.2 Å². The van der Waals surface area contributed by atoms with Gasteiger partial charge in [-0.15, -0.1) is 0 Å². The van der Waals surface area contributed by atoms with E-state index < -0.39 is 0 Å². The third kappa shape index (κ3) is 5.75. The highest BCUT2D eigenvalue weighted by Gasteiger charge is 2.17. The molecule has 0 N–H and O–H groups in total. The van der Waals surface area contributed by atoms with Crippen LogP contribution in [0.3, 0.4) is 0 Å². The van der Waals surface area contributed by atoms with Gasteiger partial charge >= 0.3 is 0 Å². The van der Waals surface area contributed by atoms with Crippen molar-refractivity contribution in [3.05, 3.63) is 107 Å². The Labute approximate surface area is 214 Å². The van der Waals surface area contributed by atoms with E-state index in [1.807, 2.05) is 11.8 Å². The van der Waals surface area contributed by atoms with Crippen LogP contribution in [0.5, 0.6) is 0 Å². The van der Waals surface area contributed by atoms with Crippen LogP contribution in [-0.2, 0) is 0 Å². The largest absolute Gasteiger partial charge is 1.00 e. The maximum Gasteiger partial charge on any atom is 0.199 e. The van der Waals surface area contributed by atoms with Gasteiger partial charge in [-0.25, -0.2) is 4.58 Å². The van der Waals surface area contributed by atoms with Gasteiger partial charge in [0.1, 0.15) is 14.1 Å². The molecule has 2 aliphatic rings. The fraction of sp³-hybridized carbons (Fsp3) is 0.207. The molecule has 2 aromatic rings. The van der Waals surface area contributed by atoms with Gasteiger partial charge in [-0.05, 0) is 70.8 Å². The summed E-state index contributed by atoms with van der Waals surface area (Å²) in [6.07, 6.45) is 13.5. The molecule has 0 amide bonds. The summed E-state index contributed by atoms with van der Waals surface area (Å²) in [4.78, 5) is 6.79. The summed E-state index contributed by atoms with van der Waals surface area (Å²) in [6.45, 7) is 0. The van der Waals surface area contributed by atoms with Crippen molar-refractivity contribution in [3.8, 4) is 0 Å². The molecule has 0 bridgehead atoms. The average Bonchev–Trinajstić information content (AvgIpc) is 2.84. The molecule has 1 aliphatic carbocycles. The maximum absolute atomic E-state index is 2.32. The lowest BCUT2D eigenvalue weighted by molar-refractivity contribution is -0.462. The molecule has 0 spiro atoms. The minimum Gasteiger partial charge on any atom is -1.00 e. The Morgan fingerprint density at radius 3 is 1.62 bits per heavy atom. The van der Waals surface area contributed by atoms with E-state index in [0.717, 1.165) is 0 Å². The highest BCUT2D eigenvalue weighted by atomic mass is 35.5. The van der Waals surface area contributed by atoms with Crippen molar-refractivity contribution in [2.24, 2.45) is 0 Å². The van der Waals surface area contributed by atoms with Crippen LogP contribution in [0.25, 0.3) is 10.5 Å². The highest BCUT2D eigenvalue weighted by Crippen LogP contribution is 2.44. The van der Waals surface area contributed by atoms with Gasteiger partial charge in [0.15, 0.2) is 5.71 Å². The van der Waals surface area contributed by atoms with Gasteiger partial charge in [-0.3, -0.25) is 0 Å². The molecule has 0 saturated carbocycles. The monoisotopic (exact) mass is 489 g/mol. The Morgan fingerprint density at radius 2 is 1.15 bits per heavy atom. The molecule has 34 heavy (non-hydrogen) atoms. The molecule has 4 rings (SSSR count). The molecule has 0 radical (unpaired) electrons. The number of anilines is 2. The minimum absolute atomic E-state index is 0. The van der Waals surface area contributed by atoms with Crippen LogP contribution in [0.4, 0.5) is 11.4 Å². The number of halogens is 1. The van der Waals surface area contributed by atoms with E-state index >= 15 is 0 Å². The second-order valence-corrected chi connectivity index (χ2v) is 9.98. The average molecular weight is 490 g/mol. The SMILES string of the molecule is CN(C)c1ccc(C2=CC(=C3C=CC(=[N+](C)C)C=C3)SC(c3ccc(N(C)C)cc3)=C2)cc1.[Cl-]. The molecule has 0 aromatic heterocycles. The summed E-state index contributed by atoms with van der Waals surface area (Å²) < 4.78 is 2.13. The van der Waals surface area contributed by atoms with Crippen molar-refractivity contribution < 1.29 is 17.0 Å². The fourth-order valence-electron chi connectivity index (χ4n) is 3.75. The number of thioether (sulfide) groups is 1. The van der Waals surface area contributed by atoms with Crippen molar-refractivity contribution in [2.75, 3.05) is 52.1 Å². The first-order valence-corrected chi connectivity index (χ1v) is 11.9. The Kier molecular flexibility index (Phi) is 8.29. The summed E-state index contributed by atoms with van der Waals surface area (Å²) in [5.74, 6) is 0. The summed E-state index contributed by atoms with van der Waals surface area (Å²) in [6, 6.07) is 17.6. The number of hydrogen-bond acceptors (Lipinski definition) is 3. The number of nitrogens with zero attached hydrogens (tertiary/aromatic N) is 3. The van der Waals surface area contributed by atoms with Crippen LogP contribution in [-0.4, -0.2) is 52.6 Å². The molecule has 3 nitrogen and oxygen atoms in total.